The number of pyridine rings is 2. The van der Waals surface area contributed by atoms with Gasteiger partial charge in [0, 0.05) is 38.3 Å². The molecular weight excluding hydrogens is 392 g/mol. The molecule has 2 aromatic rings. The maximum atomic E-state index is 10.6. The molecule has 2 saturated heterocycles. The van der Waals surface area contributed by atoms with Crippen LogP contribution in [0.5, 0.6) is 0 Å². The van der Waals surface area contributed by atoms with Crippen LogP contribution in [0.15, 0.2) is 24.5 Å². The predicted octanol–water partition coefficient (Wildman–Crippen LogP) is 0.491. The third-order valence-electron chi connectivity index (χ3n) is 4.72. The Labute approximate surface area is 173 Å². The Kier molecular flexibility index (Phi) is 7.03. The Morgan fingerprint density at radius 3 is 1.70 bits per heavy atom. The Balaban J connectivity index is 0.000000172. The molecule has 0 unspecified atom stereocenters. The lowest BCUT2D eigenvalue weighted by Gasteiger charge is -2.27. The Hall–Kier alpha value is -3.38. The molecule has 30 heavy (non-hydrogen) atoms. The summed E-state index contributed by atoms with van der Waals surface area (Å²) in [7, 11) is 0. The fraction of sp³-hybridized carbons (Fsp3) is 0.444. The zero-order valence-electron chi connectivity index (χ0n) is 16.6. The number of hydrogen-bond acceptors (Lipinski definition) is 11. The summed E-state index contributed by atoms with van der Waals surface area (Å²) in [6.45, 7) is 5.93. The van der Waals surface area contributed by atoms with Crippen LogP contribution in [-0.2, 0) is 9.47 Å². The first kappa shape index (κ1) is 21.3. The van der Waals surface area contributed by atoms with Crippen molar-refractivity contribution >= 4 is 34.4 Å². The standard InChI is InChI=1S/C9H12N4O3.C9H14N4O/c10-7-5-9(11-6-8(7)13(14)15)12-1-3-16-4-2-12;10-7-5-9(12-6-8(7)11)13-1-3-14-4-2-13/h5-6H,1-4H2,(H2,10,11);5-6H,1-4,11H2,(H2,10,12). The van der Waals surface area contributed by atoms with Crippen LogP contribution in [-0.4, -0.2) is 67.5 Å². The topological polar surface area (TPSA) is 172 Å². The van der Waals surface area contributed by atoms with Crippen LogP contribution in [0.4, 0.5) is 34.4 Å². The van der Waals surface area contributed by atoms with Gasteiger partial charge in [0.05, 0.1) is 48.9 Å². The molecule has 4 rings (SSSR count). The van der Waals surface area contributed by atoms with Gasteiger partial charge in [-0.1, -0.05) is 0 Å². The smallest absolute Gasteiger partial charge is 0.310 e. The quantitative estimate of drug-likeness (QED) is 0.468. The first-order valence-corrected chi connectivity index (χ1v) is 9.52. The van der Waals surface area contributed by atoms with Crippen molar-refractivity contribution in [2.75, 3.05) is 79.6 Å². The van der Waals surface area contributed by atoms with E-state index in [1.807, 2.05) is 4.90 Å². The van der Waals surface area contributed by atoms with Crippen molar-refractivity contribution < 1.29 is 14.4 Å². The van der Waals surface area contributed by atoms with Crippen molar-refractivity contribution in [2.24, 2.45) is 0 Å². The van der Waals surface area contributed by atoms with Gasteiger partial charge in [0.1, 0.15) is 23.5 Å². The highest BCUT2D eigenvalue weighted by molar-refractivity contribution is 5.66. The zero-order chi connectivity index (χ0) is 21.5. The summed E-state index contributed by atoms with van der Waals surface area (Å²) in [5.74, 6) is 1.53. The fourth-order valence-electron chi connectivity index (χ4n) is 3.01. The van der Waals surface area contributed by atoms with Crippen LogP contribution in [0.2, 0.25) is 0 Å². The molecule has 162 valence electrons. The van der Waals surface area contributed by atoms with Crippen LogP contribution in [0, 0.1) is 10.1 Å². The minimum absolute atomic E-state index is 0.140. The van der Waals surface area contributed by atoms with Crippen LogP contribution in [0.25, 0.3) is 0 Å². The van der Waals surface area contributed by atoms with E-state index in [4.69, 9.17) is 26.7 Å². The molecule has 12 nitrogen and oxygen atoms in total. The van der Waals surface area contributed by atoms with E-state index in [1.54, 1.807) is 12.3 Å². The molecule has 2 aliphatic rings. The number of morpholine rings is 2. The molecule has 0 amide bonds. The minimum Gasteiger partial charge on any atom is -0.397 e. The minimum atomic E-state index is -0.536. The SMILES string of the molecule is Nc1cc(N2CCOCC2)ncc1[N+](=O)[O-].Nc1cnc(N2CCOCC2)cc1N. The second-order valence-corrected chi connectivity index (χ2v) is 6.73. The van der Waals surface area contributed by atoms with E-state index >= 15 is 0 Å². The number of nitro groups is 1. The van der Waals surface area contributed by atoms with Gasteiger partial charge in [-0.2, -0.15) is 0 Å². The van der Waals surface area contributed by atoms with Crippen molar-refractivity contribution in [1.82, 2.24) is 9.97 Å². The Bertz CT molecular complexity index is 869. The highest BCUT2D eigenvalue weighted by atomic mass is 16.6. The molecule has 6 N–H and O–H groups in total. The molecule has 0 spiro atoms. The second kappa shape index (κ2) is 9.89. The number of ether oxygens (including phenoxy) is 2. The van der Waals surface area contributed by atoms with Crippen LogP contribution in [0.1, 0.15) is 0 Å². The number of rotatable bonds is 3. The van der Waals surface area contributed by atoms with Crippen LogP contribution < -0.4 is 27.0 Å². The Morgan fingerprint density at radius 1 is 0.800 bits per heavy atom. The summed E-state index contributed by atoms with van der Waals surface area (Å²) in [6, 6.07) is 3.34. The van der Waals surface area contributed by atoms with Gasteiger partial charge in [0.25, 0.3) is 0 Å². The molecule has 0 bridgehead atoms. The molecule has 2 fully saturated rings. The first-order valence-electron chi connectivity index (χ1n) is 9.52. The lowest BCUT2D eigenvalue weighted by molar-refractivity contribution is -0.384. The van der Waals surface area contributed by atoms with E-state index in [0.717, 1.165) is 45.2 Å². The molecule has 0 aromatic carbocycles. The highest BCUT2D eigenvalue weighted by Crippen LogP contribution is 2.24. The molecule has 0 saturated carbocycles. The molecule has 2 aromatic heterocycles. The van der Waals surface area contributed by atoms with Crippen LogP contribution >= 0.6 is 0 Å². The summed E-state index contributed by atoms with van der Waals surface area (Å²) in [4.78, 5) is 22.4. The molecule has 0 aliphatic carbocycles. The highest BCUT2D eigenvalue weighted by Gasteiger charge is 2.17. The summed E-state index contributed by atoms with van der Waals surface area (Å²) < 4.78 is 10.5. The van der Waals surface area contributed by atoms with E-state index in [-0.39, 0.29) is 11.4 Å². The summed E-state index contributed by atoms with van der Waals surface area (Å²) in [5.41, 5.74) is 18.0. The molecule has 0 radical (unpaired) electrons. The van der Waals surface area contributed by atoms with Crippen molar-refractivity contribution in [1.29, 1.82) is 0 Å². The maximum Gasteiger partial charge on any atom is 0.310 e. The van der Waals surface area contributed by atoms with E-state index in [9.17, 15) is 10.1 Å². The van der Waals surface area contributed by atoms with Gasteiger partial charge in [0.2, 0.25) is 0 Å². The number of nitrogens with zero attached hydrogens (tertiary/aromatic N) is 5. The summed E-state index contributed by atoms with van der Waals surface area (Å²) in [5, 5.41) is 10.6. The monoisotopic (exact) mass is 418 g/mol. The Morgan fingerprint density at radius 2 is 1.27 bits per heavy atom. The van der Waals surface area contributed by atoms with Crippen molar-refractivity contribution in [2.45, 2.75) is 0 Å². The zero-order valence-corrected chi connectivity index (χ0v) is 16.6. The van der Waals surface area contributed by atoms with Gasteiger partial charge in [-0.05, 0) is 0 Å². The number of nitrogens with two attached hydrogens (primary N) is 3. The van der Waals surface area contributed by atoms with Crippen molar-refractivity contribution in [3.63, 3.8) is 0 Å². The normalized spacial score (nSPS) is 16.5. The third kappa shape index (κ3) is 5.36. The van der Waals surface area contributed by atoms with Crippen molar-refractivity contribution in [3.05, 3.63) is 34.6 Å². The number of aromatic nitrogens is 2. The largest absolute Gasteiger partial charge is 0.397 e. The summed E-state index contributed by atoms with van der Waals surface area (Å²) in [6.07, 6.45) is 2.79. The molecule has 0 atom stereocenters. The lowest BCUT2D eigenvalue weighted by atomic mass is 10.3. The van der Waals surface area contributed by atoms with Gasteiger partial charge in [-0.15, -0.1) is 0 Å². The molecule has 4 heterocycles. The van der Waals surface area contributed by atoms with Crippen molar-refractivity contribution in [3.8, 4) is 0 Å². The van der Waals surface area contributed by atoms with E-state index in [2.05, 4.69) is 14.9 Å². The average molecular weight is 418 g/mol. The van der Waals surface area contributed by atoms with Gasteiger partial charge in [0.15, 0.2) is 0 Å². The molecule has 2 aliphatic heterocycles. The first-order chi connectivity index (χ1) is 14.5. The fourth-order valence-corrected chi connectivity index (χ4v) is 3.01. The number of anilines is 5. The maximum absolute atomic E-state index is 10.6. The lowest BCUT2D eigenvalue weighted by Crippen LogP contribution is -2.36. The average Bonchev–Trinajstić information content (AvgIpc) is 2.77. The van der Waals surface area contributed by atoms with Gasteiger partial charge in [-0.3, -0.25) is 10.1 Å². The van der Waals surface area contributed by atoms with Gasteiger partial charge < -0.3 is 36.5 Å². The summed E-state index contributed by atoms with van der Waals surface area (Å²) >= 11 is 0. The van der Waals surface area contributed by atoms with Gasteiger partial charge in [-0.25, -0.2) is 9.97 Å². The van der Waals surface area contributed by atoms with E-state index < -0.39 is 4.92 Å². The predicted molar refractivity (Wildman–Crippen MR) is 114 cm³/mol. The van der Waals surface area contributed by atoms with Gasteiger partial charge >= 0.3 is 5.69 Å². The van der Waals surface area contributed by atoms with E-state index in [1.165, 1.54) is 12.3 Å². The third-order valence-corrected chi connectivity index (χ3v) is 4.72. The number of hydrogen-bond donors (Lipinski definition) is 3. The second-order valence-electron chi connectivity index (χ2n) is 6.73. The van der Waals surface area contributed by atoms with Crippen LogP contribution in [0.3, 0.4) is 0 Å². The number of nitrogen functional groups attached to an aromatic ring is 3. The molecular formula is C18H26N8O4. The molecule has 12 heteroatoms. The van der Waals surface area contributed by atoms with E-state index in [0.29, 0.717) is 30.4 Å².